The van der Waals surface area contributed by atoms with Gasteiger partial charge in [0.05, 0.1) is 6.61 Å². The Hall–Kier alpha value is -1.36. The Morgan fingerprint density at radius 1 is 1.58 bits per heavy atom. The number of hydrogen-bond acceptors (Lipinski definition) is 4. The Morgan fingerprint density at radius 3 is 3.08 bits per heavy atom. The van der Waals surface area contributed by atoms with Gasteiger partial charge in [0, 0.05) is 19.5 Å². The minimum atomic E-state index is -0.325. The lowest BCUT2D eigenvalue weighted by atomic mass is 10.7. The number of nitrogens with one attached hydrogen (secondary N) is 1. The van der Waals surface area contributed by atoms with Crippen molar-refractivity contribution in [2.75, 3.05) is 20.3 Å². The van der Waals surface area contributed by atoms with Gasteiger partial charge in [0.25, 0.3) is 5.88 Å². The van der Waals surface area contributed by atoms with Gasteiger partial charge in [0.2, 0.25) is 0 Å². The molecule has 0 aliphatic carbocycles. The molecule has 0 saturated heterocycles. The fraction of sp³-hybridized carbons (Fsp3) is 0.429. The van der Waals surface area contributed by atoms with Crippen LogP contribution in [-0.2, 0) is 4.74 Å². The second kappa shape index (κ2) is 4.50. The predicted octanol–water partition coefficient (Wildman–Crippen LogP) is -0.205. The van der Waals surface area contributed by atoms with Crippen LogP contribution in [0.15, 0.2) is 17.2 Å². The van der Waals surface area contributed by atoms with Crippen molar-refractivity contribution in [3.63, 3.8) is 0 Å². The molecule has 0 atom stereocenters. The van der Waals surface area contributed by atoms with E-state index >= 15 is 0 Å². The van der Waals surface area contributed by atoms with E-state index in [2.05, 4.69) is 9.97 Å². The molecule has 0 radical (unpaired) electrons. The van der Waals surface area contributed by atoms with Crippen LogP contribution in [0.25, 0.3) is 0 Å². The molecule has 5 nitrogen and oxygen atoms in total. The van der Waals surface area contributed by atoms with Crippen molar-refractivity contribution in [2.24, 2.45) is 0 Å². The zero-order chi connectivity index (χ0) is 8.81. The minimum absolute atomic E-state index is 0.0783. The van der Waals surface area contributed by atoms with Crippen molar-refractivity contribution >= 4 is 0 Å². The molecular formula is C7H10N2O3. The van der Waals surface area contributed by atoms with Gasteiger partial charge in [-0.2, -0.15) is 0 Å². The molecule has 66 valence electrons. The second-order valence-electron chi connectivity index (χ2n) is 2.06. The van der Waals surface area contributed by atoms with Gasteiger partial charge in [-0.3, -0.25) is 4.79 Å². The molecule has 1 heterocycles. The van der Waals surface area contributed by atoms with E-state index in [1.807, 2.05) is 0 Å². The minimum Gasteiger partial charge on any atom is -0.471 e. The molecule has 0 bridgehead atoms. The highest BCUT2D eigenvalue weighted by Gasteiger charge is 1.98. The summed E-state index contributed by atoms with van der Waals surface area (Å²) in [6, 6.07) is 0. The van der Waals surface area contributed by atoms with Gasteiger partial charge in [0.15, 0.2) is 0 Å². The van der Waals surface area contributed by atoms with Crippen LogP contribution in [0.5, 0.6) is 5.88 Å². The second-order valence-corrected chi connectivity index (χ2v) is 2.06. The zero-order valence-electron chi connectivity index (χ0n) is 6.74. The molecule has 0 amide bonds. The topological polar surface area (TPSA) is 64.2 Å². The van der Waals surface area contributed by atoms with E-state index in [-0.39, 0.29) is 11.4 Å². The Balaban J connectivity index is 2.52. The summed E-state index contributed by atoms with van der Waals surface area (Å²) in [5.41, 5.74) is -0.325. The predicted molar refractivity (Wildman–Crippen MR) is 42.2 cm³/mol. The molecule has 1 rings (SSSR count). The van der Waals surface area contributed by atoms with Crippen LogP contribution < -0.4 is 10.3 Å². The van der Waals surface area contributed by atoms with Crippen molar-refractivity contribution in [1.82, 2.24) is 9.97 Å². The summed E-state index contributed by atoms with van der Waals surface area (Å²) in [6.07, 6.45) is 2.91. The number of H-pyrrole nitrogens is 1. The monoisotopic (exact) mass is 170 g/mol. The van der Waals surface area contributed by atoms with Gasteiger partial charge in [-0.1, -0.05) is 0 Å². The van der Waals surface area contributed by atoms with Gasteiger partial charge >= 0.3 is 5.56 Å². The fourth-order valence-electron chi connectivity index (χ4n) is 0.663. The SMILES string of the molecule is COCCOc1ncc[nH]c1=O. The first kappa shape index (κ1) is 8.73. The van der Waals surface area contributed by atoms with Gasteiger partial charge in [-0.05, 0) is 0 Å². The highest BCUT2D eigenvalue weighted by molar-refractivity contribution is 5.01. The molecule has 1 aromatic heterocycles. The van der Waals surface area contributed by atoms with Crippen LogP contribution in [0.2, 0.25) is 0 Å². The summed E-state index contributed by atoms with van der Waals surface area (Å²) in [4.78, 5) is 17.1. The third kappa shape index (κ3) is 2.35. The van der Waals surface area contributed by atoms with Crippen molar-refractivity contribution in [3.05, 3.63) is 22.7 Å². The van der Waals surface area contributed by atoms with E-state index in [0.29, 0.717) is 13.2 Å². The summed E-state index contributed by atoms with van der Waals surface area (Å²) in [5.74, 6) is 0.0783. The number of rotatable bonds is 4. The maximum Gasteiger partial charge on any atom is 0.310 e. The van der Waals surface area contributed by atoms with Gasteiger partial charge in [-0.15, -0.1) is 0 Å². The highest BCUT2D eigenvalue weighted by atomic mass is 16.5. The molecular weight excluding hydrogens is 160 g/mol. The third-order valence-electron chi connectivity index (χ3n) is 1.20. The van der Waals surface area contributed by atoms with E-state index in [1.165, 1.54) is 12.4 Å². The molecule has 5 heteroatoms. The van der Waals surface area contributed by atoms with E-state index in [9.17, 15) is 4.79 Å². The first-order valence-corrected chi connectivity index (χ1v) is 3.50. The summed E-state index contributed by atoms with van der Waals surface area (Å²) < 4.78 is 9.74. The van der Waals surface area contributed by atoms with Crippen molar-refractivity contribution < 1.29 is 9.47 Å². The normalized spacial score (nSPS) is 9.75. The number of aromatic nitrogens is 2. The van der Waals surface area contributed by atoms with Crippen molar-refractivity contribution in [2.45, 2.75) is 0 Å². The number of ether oxygens (including phenoxy) is 2. The van der Waals surface area contributed by atoms with Crippen LogP contribution in [0.3, 0.4) is 0 Å². The quantitative estimate of drug-likeness (QED) is 0.635. The fourth-order valence-corrected chi connectivity index (χ4v) is 0.663. The third-order valence-corrected chi connectivity index (χ3v) is 1.20. The average molecular weight is 170 g/mol. The van der Waals surface area contributed by atoms with Gasteiger partial charge in [0.1, 0.15) is 6.61 Å². The average Bonchev–Trinajstić information content (AvgIpc) is 2.09. The molecule has 0 aliphatic rings. The summed E-state index contributed by atoms with van der Waals surface area (Å²) in [7, 11) is 1.56. The molecule has 0 aromatic carbocycles. The van der Waals surface area contributed by atoms with Crippen LogP contribution in [0.1, 0.15) is 0 Å². The van der Waals surface area contributed by atoms with E-state index in [1.54, 1.807) is 7.11 Å². The molecule has 12 heavy (non-hydrogen) atoms. The molecule has 1 aromatic rings. The van der Waals surface area contributed by atoms with Crippen LogP contribution >= 0.6 is 0 Å². The number of aromatic amines is 1. The zero-order valence-corrected chi connectivity index (χ0v) is 6.74. The molecule has 0 aliphatic heterocycles. The van der Waals surface area contributed by atoms with E-state index in [0.717, 1.165) is 0 Å². The van der Waals surface area contributed by atoms with Crippen molar-refractivity contribution in [3.8, 4) is 5.88 Å². The number of nitrogens with zero attached hydrogens (tertiary/aromatic N) is 1. The smallest absolute Gasteiger partial charge is 0.310 e. The lowest BCUT2D eigenvalue weighted by molar-refractivity contribution is 0.142. The Bertz CT molecular complexity index is 284. The Kier molecular flexibility index (Phi) is 3.28. The first-order valence-electron chi connectivity index (χ1n) is 3.50. The van der Waals surface area contributed by atoms with Gasteiger partial charge < -0.3 is 14.5 Å². The van der Waals surface area contributed by atoms with E-state index < -0.39 is 0 Å². The Morgan fingerprint density at radius 2 is 2.42 bits per heavy atom. The Labute approximate surface area is 69.4 Å². The molecule has 1 N–H and O–H groups in total. The van der Waals surface area contributed by atoms with Crippen molar-refractivity contribution in [1.29, 1.82) is 0 Å². The lowest BCUT2D eigenvalue weighted by Gasteiger charge is -2.01. The molecule has 0 unspecified atom stereocenters. The largest absolute Gasteiger partial charge is 0.471 e. The maximum absolute atomic E-state index is 10.9. The van der Waals surface area contributed by atoms with Crippen LogP contribution in [-0.4, -0.2) is 30.3 Å². The standard InChI is InChI=1S/C7H10N2O3/c1-11-4-5-12-7-6(10)8-2-3-9-7/h2-3H,4-5H2,1H3,(H,8,10). The number of hydrogen-bond donors (Lipinski definition) is 1. The molecule has 0 saturated carbocycles. The first-order chi connectivity index (χ1) is 5.84. The van der Waals surface area contributed by atoms with E-state index in [4.69, 9.17) is 9.47 Å². The lowest BCUT2D eigenvalue weighted by Crippen LogP contribution is -2.14. The summed E-state index contributed by atoms with van der Waals surface area (Å²) >= 11 is 0. The number of methoxy groups -OCH3 is 1. The van der Waals surface area contributed by atoms with Crippen LogP contribution in [0, 0.1) is 0 Å². The highest BCUT2D eigenvalue weighted by Crippen LogP contribution is 1.92. The van der Waals surface area contributed by atoms with Gasteiger partial charge in [-0.25, -0.2) is 4.98 Å². The van der Waals surface area contributed by atoms with Crippen LogP contribution in [0.4, 0.5) is 0 Å². The summed E-state index contributed by atoms with van der Waals surface area (Å²) in [6.45, 7) is 0.770. The maximum atomic E-state index is 10.9. The molecule has 0 spiro atoms. The molecule has 0 fully saturated rings. The summed E-state index contributed by atoms with van der Waals surface area (Å²) in [5, 5.41) is 0.